The van der Waals surface area contributed by atoms with E-state index in [9.17, 15) is 9.59 Å². The first-order valence-electron chi connectivity index (χ1n) is 7.01. The molecule has 0 amide bonds. The number of aromatic nitrogens is 2. The van der Waals surface area contributed by atoms with Crippen LogP contribution in [0.2, 0.25) is 0 Å². The van der Waals surface area contributed by atoms with Gasteiger partial charge in [-0.2, -0.15) is 0 Å². The third-order valence-corrected chi connectivity index (χ3v) is 3.09. The molecule has 4 nitrogen and oxygen atoms in total. The molecule has 0 aliphatic rings. The summed E-state index contributed by atoms with van der Waals surface area (Å²) in [6.07, 6.45) is 8.10. The fourth-order valence-electron chi connectivity index (χ4n) is 2.05. The van der Waals surface area contributed by atoms with E-state index in [1.54, 1.807) is 10.8 Å². The second-order valence-electron chi connectivity index (χ2n) is 4.70. The molecule has 4 heteroatoms. The fraction of sp³-hybridized carbons (Fsp3) is 0.714. The second-order valence-corrected chi connectivity index (χ2v) is 4.70. The molecule has 0 aliphatic heterocycles. The molecule has 0 atom stereocenters. The molecule has 18 heavy (non-hydrogen) atoms. The summed E-state index contributed by atoms with van der Waals surface area (Å²) < 4.78 is 2.98. The molecule has 0 aromatic carbocycles. The Morgan fingerprint density at radius 2 is 1.67 bits per heavy atom. The highest BCUT2D eigenvalue weighted by molar-refractivity contribution is 4.86. The molecule has 1 aromatic heterocycles. The molecule has 0 bridgehead atoms. The Labute approximate surface area is 108 Å². The van der Waals surface area contributed by atoms with E-state index in [0.717, 1.165) is 19.3 Å². The number of aryl methyl sites for hydroxylation is 1. The van der Waals surface area contributed by atoms with Crippen molar-refractivity contribution in [3.05, 3.63) is 33.1 Å². The third kappa shape index (κ3) is 4.17. The van der Waals surface area contributed by atoms with Crippen LogP contribution in [0, 0.1) is 0 Å². The van der Waals surface area contributed by atoms with Gasteiger partial charge in [0.15, 0.2) is 0 Å². The highest BCUT2D eigenvalue weighted by Crippen LogP contribution is 2.02. The van der Waals surface area contributed by atoms with Crippen LogP contribution in [0.1, 0.15) is 52.4 Å². The minimum atomic E-state index is -0.178. The highest BCUT2D eigenvalue weighted by Gasteiger charge is 2.03. The molecule has 0 radical (unpaired) electrons. The Morgan fingerprint density at radius 3 is 2.33 bits per heavy atom. The molecule has 1 aromatic rings. The van der Waals surface area contributed by atoms with E-state index in [2.05, 4.69) is 6.92 Å². The zero-order valence-corrected chi connectivity index (χ0v) is 11.5. The number of hydrogen-bond donors (Lipinski definition) is 0. The molecular formula is C14H24N2O2. The monoisotopic (exact) mass is 252 g/mol. The SMILES string of the molecule is CCCCCCCn1c(=O)ccn(CCC)c1=O. The highest BCUT2D eigenvalue weighted by atomic mass is 16.2. The first-order chi connectivity index (χ1) is 8.70. The summed E-state index contributed by atoms with van der Waals surface area (Å²) in [4.78, 5) is 23.7. The van der Waals surface area contributed by atoms with Gasteiger partial charge in [-0.15, -0.1) is 0 Å². The number of rotatable bonds is 8. The van der Waals surface area contributed by atoms with E-state index in [1.807, 2.05) is 6.92 Å². The third-order valence-electron chi connectivity index (χ3n) is 3.09. The second kappa shape index (κ2) is 7.90. The molecule has 102 valence electrons. The van der Waals surface area contributed by atoms with Gasteiger partial charge in [0.25, 0.3) is 5.56 Å². The first kappa shape index (κ1) is 14.7. The molecule has 1 heterocycles. The molecular weight excluding hydrogens is 228 g/mol. The van der Waals surface area contributed by atoms with Crippen LogP contribution in [0.15, 0.2) is 21.9 Å². The van der Waals surface area contributed by atoms with Crippen molar-refractivity contribution in [2.45, 2.75) is 65.5 Å². The van der Waals surface area contributed by atoms with Gasteiger partial charge >= 0.3 is 5.69 Å². The minimum absolute atomic E-state index is 0.167. The Morgan fingerprint density at radius 1 is 0.944 bits per heavy atom. The van der Waals surface area contributed by atoms with Crippen molar-refractivity contribution >= 4 is 0 Å². The van der Waals surface area contributed by atoms with E-state index in [-0.39, 0.29) is 11.2 Å². The van der Waals surface area contributed by atoms with Gasteiger partial charge in [0.05, 0.1) is 0 Å². The van der Waals surface area contributed by atoms with Crippen LogP contribution >= 0.6 is 0 Å². The van der Waals surface area contributed by atoms with Gasteiger partial charge in [-0.25, -0.2) is 4.79 Å². The van der Waals surface area contributed by atoms with Gasteiger partial charge in [-0.1, -0.05) is 39.5 Å². The Bertz CT molecular complexity index is 460. The Balaban J connectivity index is 2.66. The van der Waals surface area contributed by atoms with Crippen molar-refractivity contribution in [3.63, 3.8) is 0 Å². The van der Waals surface area contributed by atoms with Crippen LogP contribution in [-0.2, 0) is 13.1 Å². The van der Waals surface area contributed by atoms with Crippen LogP contribution in [-0.4, -0.2) is 9.13 Å². The molecule has 0 spiro atoms. The lowest BCUT2D eigenvalue weighted by molar-refractivity contribution is 0.507. The van der Waals surface area contributed by atoms with Crippen LogP contribution in [0.3, 0.4) is 0 Å². The van der Waals surface area contributed by atoms with Crippen molar-refractivity contribution in [1.82, 2.24) is 9.13 Å². The van der Waals surface area contributed by atoms with Crippen molar-refractivity contribution < 1.29 is 0 Å². The maximum Gasteiger partial charge on any atom is 0.330 e. The molecule has 0 fully saturated rings. The lowest BCUT2D eigenvalue weighted by Gasteiger charge is -2.08. The summed E-state index contributed by atoms with van der Waals surface area (Å²) in [7, 11) is 0. The smallest absolute Gasteiger partial charge is 0.300 e. The Kier molecular flexibility index (Phi) is 6.47. The van der Waals surface area contributed by atoms with Gasteiger partial charge < -0.3 is 4.57 Å². The summed E-state index contributed by atoms with van der Waals surface area (Å²) in [6.45, 7) is 5.42. The predicted molar refractivity (Wildman–Crippen MR) is 74.0 cm³/mol. The Hall–Kier alpha value is -1.32. The number of unbranched alkanes of at least 4 members (excludes halogenated alkanes) is 4. The maximum atomic E-state index is 12.0. The van der Waals surface area contributed by atoms with E-state index < -0.39 is 0 Å². The van der Waals surface area contributed by atoms with Gasteiger partial charge in [-0.3, -0.25) is 9.36 Å². The van der Waals surface area contributed by atoms with E-state index in [0.29, 0.717) is 13.1 Å². The quantitative estimate of drug-likeness (QED) is 0.667. The molecule has 0 saturated carbocycles. The van der Waals surface area contributed by atoms with E-state index in [1.165, 1.54) is 29.9 Å². The van der Waals surface area contributed by atoms with Crippen molar-refractivity contribution in [1.29, 1.82) is 0 Å². The average molecular weight is 252 g/mol. The largest absolute Gasteiger partial charge is 0.330 e. The number of nitrogens with zero attached hydrogens (tertiary/aromatic N) is 2. The van der Waals surface area contributed by atoms with Crippen molar-refractivity contribution in [2.75, 3.05) is 0 Å². The first-order valence-corrected chi connectivity index (χ1v) is 7.01. The standard InChI is InChI=1S/C14H24N2O2/c1-3-5-6-7-8-11-16-13(17)9-12-15(10-4-2)14(16)18/h9,12H,3-8,10-11H2,1-2H3. The summed E-state index contributed by atoms with van der Waals surface area (Å²) >= 11 is 0. The van der Waals surface area contributed by atoms with Gasteiger partial charge in [-0.05, 0) is 12.8 Å². The zero-order valence-electron chi connectivity index (χ0n) is 11.5. The van der Waals surface area contributed by atoms with Crippen LogP contribution in [0.5, 0.6) is 0 Å². The van der Waals surface area contributed by atoms with Gasteiger partial charge in [0, 0.05) is 25.4 Å². The van der Waals surface area contributed by atoms with Gasteiger partial charge in [0.1, 0.15) is 0 Å². The topological polar surface area (TPSA) is 44.0 Å². The number of hydrogen-bond acceptors (Lipinski definition) is 2. The normalized spacial score (nSPS) is 10.8. The summed E-state index contributed by atoms with van der Waals surface area (Å²) in [6, 6.07) is 1.49. The van der Waals surface area contributed by atoms with Gasteiger partial charge in [0.2, 0.25) is 0 Å². The minimum Gasteiger partial charge on any atom is -0.300 e. The van der Waals surface area contributed by atoms with Crippen LogP contribution < -0.4 is 11.2 Å². The molecule has 0 N–H and O–H groups in total. The summed E-state index contributed by atoms with van der Waals surface area (Å²) in [5, 5.41) is 0. The summed E-state index contributed by atoms with van der Waals surface area (Å²) in [5.74, 6) is 0. The average Bonchev–Trinajstić information content (AvgIpc) is 2.36. The van der Waals surface area contributed by atoms with Crippen LogP contribution in [0.25, 0.3) is 0 Å². The lowest BCUT2D eigenvalue weighted by Crippen LogP contribution is -2.39. The summed E-state index contributed by atoms with van der Waals surface area (Å²) in [5.41, 5.74) is -0.345. The molecule has 1 rings (SSSR count). The molecule has 0 unspecified atom stereocenters. The predicted octanol–water partition coefficient (Wildman–Crippen LogP) is 2.39. The lowest BCUT2D eigenvalue weighted by atomic mass is 10.1. The van der Waals surface area contributed by atoms with E-state index in [4.69, 9.17) is 0 Å². The van der Waals surface area contributed by atoms with E-state index >= 15 is 0 Å². The van der Waals surface area contributed by atoms with Crippen molar-refractivity contribution in [2.24, 2.45) is 0 Å². The molecule has 0 aliphatic carbocycles. The van der Waals surface area contributed by atoms with Crippen LogP contribution in [0.4, 0.5) is 0 Å². The maximum absolute atomic E-state index is 12.0. The molecule has 0 saturated heterocycles. The fourth-order valence-corrected chi connectivity index (χ4v) is 2.05. The zero-order chi connectivity index (χ0) is 13.4. The van der Waals surface area contributed by atoms with Crippen molar-refractivity contribution in [3.8, 4) is 0 Å².